The van der Waals surface area contributed by atoms with Gasteiger partial charge in [-0.15, -0.1) is 0 Å². The van der Waals surface area contributed by atoms with E-state index in [1.807, 2.05) is 30.0 Å². The normalized spacial score (nSPS) is 19.4. The number of hydrogen-bond donors (Lipinski definition) is 1. The summed E-state index contributed by atoms with van der Waals surface area (Å²) >= 11 is 0. The van der Waals surface area contributed by atoms with E-state index in [9.17, 15) is 9.59 Å². The molecule has 0 spiro atoms. The van der Waals surface area contributed by atoms with Crippen molar-refractivity contribution in [2.75, 3.05) is 13.1 Å². The number of piperidine rings is 1. The van der Waals surface area contributed by atoms with Crippen LogP contribution in [0.25, 0.3) is 10.9 Å². The molecule has 0 radical (unpaired) electrons. The van der Waals surface area contributed by atoms with Crippen LogP contribution in [0.4, 0.5) is 0 Å². The van der Waals surface area contributed by atoms with Gasteiger partial charge in [0, 0.05) is 32.1 Å². The Hall–Kier alpha value is -2.21. The molecule has 1 aliphatic heterocycles. The topological polar surface area (TPSA) is 81.2 Å². The maximum absolute atomic E-state index is 12.5. The average molecular weight is 328 g/mol. The highest BCUT2D eigenvalue weighted by molar-refractivity contribution is 5.77. The molecule has 0 bridgehead atoms. The lowest BCUT2D eigenvalue weighted by molar-refractivity contribution is -0.133. The second kappa shape index (κ2) is 7.13. The van der Waals surface area contributed by atoms with Crippen molar-refractivity contribution in [1.29, 1.82) is 0 Å². The largest absolute Gasteiger partial charge is 0.342 e. The van der Waals surface area contributed by atoms with Crippen molar-refractivity contribution in [2.24, 2.45) is 11.7 Å². The fraction of sp³-hybridized carbons (Fsp3) is 0.500. The van der Waals surface area contributed by atoms with E-state index in [-0.39, 0.29) is 17.5 Å². The molecule has 2 unspecified atom stereocenters. The van der Waals surface area contributed by atoms with Gasteiger partial charge in [-0.3, -0.25) is 14.2 Å². The van der Waals surface area contributed by atoms with Gasteiger partial charge >= 0.3 is 0 Å². The summed E-state index contributed by atoms with van der Waals surface area (Å²) < 4.78 is 1.52. The lowest BCUT2D eigenvalue weighted by Crippen LogP contribution is -2.45. The molecule has 2 heterocycles. The molecule has 2 N–H and O–H groups in total. The number of hydrogen-bond acceptors (Lipinski definition) is 4. The number of nitrogens with two attached hydrogens (primary N) is 1. The van der Waals surface area contributed by atoms with Crippen molar-refractivity contribution in [3.8, 4) is 0 Å². The minimum Gasteiger partial charge on any atom is -0.342 e. The third-order valence-electron chi connectivity index (χ3n) is 4.85. The second-order valence-electron chi connectivity index (χ2n) is 6.61. The number of fused-ring (bicyclic) bond motifs is 1. The molecule has 2 atom stereocenters. The molecule has 6 nitrogen and oxygen atoms in total. The molecule has 128 valence electrons. The molecule has 6 heteroatoms. The first-order valence-corrected chi connectivity index (χ1v) is 8.54. The lowest BCUT2D eigenvalue weighted by Gasteiger charge is -2.34. The first-order chi connectivity index (χ1) is 11.6. The first kappa shape index (κ1) is 16.6. The van der Waals surface area contributed by atoms with Crippen LogP contribution in [-0.2, 0) is 11.3 Å². The maximum Gasteiger partial charge on any atom is 0.261 e. The van der Waals surface area contributed by atoms with Gasteiger partial charge in [-0.05, 0) is 37.8 Å². The molecule has 1 aromatic heterocycles. The number of carbonyl (C=O) groups is 1. The fourth-order valence-electron chi connectivity index (χ4n) is 3.31. The minimum absolute atomic E-state index is 0.0837. The Labute approximate surface area is 141 Å². The summed E-state index contributed by atoms with van der Waals surface area (Å²) in [5, 5.41) is 0.586. The molecular weight excluding hydrogens is 304 g/mol. The molecular formula is C18H24N4O2. The van der Waals surface area contributed by atoms with Gasteiger partial charge in [0.05, 0.1) is 17.2 Å². The minimum atomic E-state index is -0.0968. The summed E-state index contributed by atoms with van der Waals surface area (Å²) in [6.07, 6.45) is 3.91. The standard InChI is InChI=1S/C18H24N4O2/c1-13(19)14-5-4-9-21(11-14)17(23)8-10-22-12-20-16-7-3-2-6-15(16)18(22)24/h2-3,6-7,12-14H,4-5,8-11,19H2,1H3. The molecule has 24 heavy (non-hydrogen) atoms. The van der Waals surface area contributed by atoms with E-state index in [0.29, 0.717) is 29.8 Å². The van der Waals surface area contributed by atoms with Crippen molar-refractivity contribution >= 4 is 16.8 Å². The molecule has 1 amide bonds. The zero-order valence-electron chi connectivity index (χ0n) is 14.0. The van der Waals surface area contributed by atoms with E-state index in [4.69, 9.17) is 5.73 Å². The average Bonchev–Trinajstić information content (AvgIpc) is 2.61. The first-order valence-electron chi connectivity index (χ1n) is 8.54. The second-order valence-corrected chi connectivity index (χ2v) is 6.61. The quantitative estimate of drug-likeness (QED) is 0.919. The third-order valence-corrected chi connectivity index (χ3v) is 4.85. The summed E-state index contributed by atoms with van der Waals surface area (Å²) in [7, 11) is 0. The Morgan fingerprint density at radius 2 is 2.21 bits per heavy atom. The predicted molar refractivity (Wildman–Crippen MR) is 93.6 cm³/mol. The van der Waals surface area contributed by atoms with E-state index >= 15 is 0 Å². The van der Waals surface area contributed by atoms with E-state index in [1.54, 1.807) is 6.07 Å². The lowest BCUT2D eigenvalue weighted by atomic mass is 9.92. The van der Waals surface area contributed by atoms with Crippen LogP contribution in [0.15, 0.2) is 35.4 Å². The smallest absolute Gasteiger partial charge is 0.261 e. The van der Waals surface area contributed by atoms with Crippen LogP contribution in [0.2, 0.25) is 0 Å². The Morgan fingerprint density at radius 1 is 1.42 bits per heavy atom. The summed E-state index contributed by atoms with van der Waals surface area (Å²) in [5.74, 6) is 0.452. The van der Waals surface area contributed by atoms with Crippen LogP contribution < -0.4 is 11.3 Å². The molecule has 1 aromatic carbocycles. The number of rotatable bonds is 4. The summed E-state index contributed by atoms with van der Waals surface area (Å²) in [6.45, 7) is 3.86. The fourth-order valence-corrected chi connectivity index (χ4v) is 3.31. The van der Waals surface area contributed by atoms with Crippen LogP contribution in [0, 0.1) is 5.92 Å². The SMILES string of the molecule is CC(N)C1CCCN(C(=O)CCn2cnc3ccccc3c2=O)C1. The number of para-hydroxylation sites is 1. The van der Waals surface area contributed by atoms with Gasteiger partial charge in [-0.2, -0.15) is 0 Å². The maximum atomic E-state index is 12.5. The van der Waals surface area contributed by atoms with Gasteiger partial charge in [0.15, 0.2) is 0 Å². The summed E-state index contributed by atoms with van der Waals surface area (Å²) in [4.78, 5) is 31.1. The van der Waals surface area contributed by atoms with Crippen LogP contribution in [0.3, 0.4) is 0 Å². The Morgan fingerprint density at radius 3 is 3.00 bits per heavy atom. The molecule has 3 rings (SSSR count). The van der Waals surface area contributed by atoms with Crippen molar-refractivity contribution < 1.29 is 4.79 Å². The zero-order chi connectivity index (χ0) is 17.1. The summed E-state index contributed by atoms with van der Waals surface area (Å²) in [5.41, 5.74) is 6.56. The van der Waals surface area contributed by atoms with Crippen molar-refractivity contribution in [1.82, 2.24) is 14.5 Å². The van der Waals surface area contributed by atoms with E-state index in [0.717, 1.165) is 25.9 Å². The van der Waals surface area contributed by atoms with Gasteiger partial charge in [-0.1, -0.05) is 12.1 Å². The van der Waals surface area contributed by atoms with Crippen molar-refractivity contribution in [2.45, 2.75) is 38.8 Å². The number of likely N-dealkylation sites (tertiary alicyclic amines) is 1. The Bertz CT molecular complexity index is 784. The number of carbonyl (C=O) groups excluding carboxylic acids is 1. The molecule has 2 aromatic rings. The van der Waals surface area contributed by atoms with E-state index in [2.05, 4.69) is 4.98 Å². The van der Waals surface area contributed by atoms with Crippen LogP contribution >= 0.6 is 0 Å². The highest BCUT2D eigenvalue weighted by Gasteiger charge is 2.25. The van der Waals surface area contributed by atoms with Crippen molar-refractivity contribution in [3.05, 3.63) is 40.9 Å². The van der Waals surface area contributed by atoms with Crippen molar-refractivity contribution in [3.63, 3.8) is 0 Å². The molecule has 0 saturated carbocycles. The van der Waals surface area contributed by atoms with Gasteiger partial charge in [0.2, 0.25) is 5.91 Å². The molecule has 1 saturated heterocycles. The third kappa shape index (κ3) is 3.48. The molecule has 0 aliphatic carbocycles. The van der Waals surface area contributed by atoms with Gasteiger partial charge in [0.25, 0.3) is 5.56 Å². The Balaban J connectivity index is 1.66. The van der Waals surface area contributed by atoms with Crippen LogP contribution in [0.5, 0.6) is 0 Å². The number of nitrogens with zero attached hydrogens (tertiary/aromatic N) is 3. The predicted octanol–water partition coefficient (Wildman–Crippen LogP) is 1.37. The number of benzene rings is 1. The number of aryl methyl sites for hydroxylation is 1. The van der Waals surface area contributed by atoms with Gasteiger partial charge < -0.3 is 10.6 Å². The molecule has 1 aliphatic rings. The Kier molecular flexibility index (Phi) is 4.94. The summed E-state index contributed by atoms with van der Waals surface area (Å²) in [6, 6.07) is 7.36. The monoisotopic (exact) mass is 328 g/mol. The number of aromatic nitrogens is 2. The zero-order valence-corrected chi connectivity index (χ0v) is 14.0. The number of amides is 1. The van der Waals surface area contributed by atoms with Gasteiger partial charge in [0.1, 0.15) is 0 Å². The highest BCUT2D eigenvalue weighted by Crippen LogP contribution is 2.19. The van der Waals surface area contributed by atoms with Crippen LogP contribution in [-0.4, -0.2) is 39.5 Å². The van der Waals surface area contributed by atoms with E-state index in [1.165, 1.54) is 10.9 Å². The van der Waals surface area contributed by atoms with Gasteiger partial charge in [-0.25, -0.2) is 4.98 Å². The van der Waals surface area contributed by atoms with E-state index < -0.39 is 0 Å². The highest BCUT2D eigenvalue weighted by atomic mass is 16.2. The molecule has 1 fully saturated rings. The van der Waals surface area contributed by atoms with Crippen LogP contribution in [0.1, 0.15) is 26.2 Å².